The number of hydrogen-bond donors (Lipinski definition) is 1. The number of carbonyl (C=O) groups excluding carboxylic acids is 1. The fourth-order valence-electron chi connectivity index (χ4n) is 2.32. The van der Waals surface area contributed by atoms with Crippen LogP contribution in [0.15, 0.2) is 58.5 Å². The van der Waals surface area contributed by atoms with Gasteiger partial charge in [0, 0.05) is 11.4 Å². The lowest BCUT2D eigenvalue weighted by Gasteiger charge is -2.15. The lowest BCUT2D eigenvalue weighted by atomic mass is 10.0. The molecule has 3 aromatic rings. The van der Waals surface area contributed by atoms with Gasteiger partial charge >= 0.3 is 0 Å². The Bertz CT molecular complexity index is 733. The van der Waals surface area contributed by atoms with Gasteiger partial charge in [-0.3, -0.25) is 4.79 Å². The molecule has 0 radical (unpaired) electrons. The minimum atomic E-state index is -0.638. The van der Waals surface area contributed by atoms with Crippen LogP contribution in [0.5, 0.6) is 0 Å². The Morgan fingerprint density at radius 3 is 2.78 bits per heavy atom. The second-order valence-corrected chi connectivity index (χ2v) is 6.28. The molecule has 6 heteroatoms. The SMILES string of the molecule is O=C(NCC(c1ccco1)c1cccs1)c1c(F)cccc1Cl. The van der Waals surface area contributed by atoms with Crippen molar-refractivity contribution in [2.75, 3.05) is 6.54 Å². The molecule has 2 aromatic heterocycles. The van der Waals surface area contributed by atoms with Gasteiger partial charge in [0.2, 0.25) is 0 Å². The van der Waals surface area contributed by atoms with E-state index in [2.05, 4.69) is 5.32 Å². The van der Waals surface area contributed by atoms with E-state index in [0.29, 0.717) is 0 Å². The number of amides is 1. The standard InChI is InChI=1S/C17H13ClFNO2S/c18-12-4-1-5-13(19)16(12)17(21)20-10-11(14-6-2-8-22-14)15-7-3-9-23-15/h1-9,11H,10H2,(H,20,21). The van der Waals surface area contributed by atoms with Crippen molar-refractivity contribution in [1.82, 2.24) is 5.32 Å². The molecule has 0 bridgehead atoms. The summed E-state index contributed by atoms with van der Waals surface area (Å²) in [5, 5.41) is 4.79. The maximum Gasteiger partial charge on any atom is 0.255 e. The van der Waals surface area contributed by atoms with E-state index >= 15 is 0 Å². The van der Waals surface area contributed by atoms with Crippen LogP contribution in [0.2, 0.25) is 5.02 Å². The molecule has 118 valence electrons. The van der Waals surface area contributed by atoms with Crippen molar-refractivity contribution in [3.05, 3.63) is 81.1 Å². The zero-order valence-corrected chi connectivity index (χ0v) is 13.5. The normalized spacial score (nSPS) is 12.1. The molecule has 2 heterocycles. The minimum Gasteiger partial charge on any atom is -0.469 e. The van der Waals surface area contributed by atoms with Crippen molar-refractivity contribution in [2.24, 2.45) is 0 Å². The summed E-state index contributed by atoms with van der Waals surface area (Å²) in [4.78, 5) is 13.3. The van der Waals surface area contributed by atoms with Crippen molar-refractivity contribution in [3.8, 4) is 0 Å². The Morgan fingerprint density at radius 1 is 1.26 bits per heavy atom. The Morgan fingerprint density at radius 2 is 2.13 bits per heavy atom. The summed E-state index contributed by atoms with van der Waals surface area (Å²) in [5.41, 5.74) is -0.140. The van der Waals surface area contributed by atoms with Crippen molar-refractivity contribution in [1.29, 1.82) is 0 Å². The molecule has 0 spiro atoms. The highest BCUT2D eigenvalue weighted by atomic mass is 35.5. The summed E-state index contributed by atoms with van der Waals surface area (Å²) >= 11 is 7.49. The van der Waals surface area contributed by atoms with Crippen LogP contribution in [0.25, 0.3) is 0 Å². The highest BCUT2D eigenvalue weighted by Gasteiger charge is 2.21. The summed E-state index contributed by atoms with van der Waals surface area (Å²) in [6, 6.07) is 11.7. The van der Waals surface area contributed by atoms with Crippen LogP contribution in [0.4, 0.5) is 4.39 Å². The van der Waals surface area contributed by atoms with E-state index in [1.54, 1.807) is 23.7 Å². The van der Waals surface area contributed by atoms with Crippen LogP contribution < -0.4 is 5.32 Å². The van der Waals surface area contributed by atoms with E-state index < -0.39 is 11.7 Å². The number of furan rings is 1. The van der Waals surface area contributed by atoms with Gasteiger partial charge < -0.3 is 9.73 Å². The number of halogens is 2. The van der Waals surface area contributed by atoms with Crippen molar-refractivity contribution >= 4 is 28.8 Å². The molecular weight excluding hydrogens is 337 g/mol. The van der Waals surface area contributed by atoms with Gasteiger partial charge in [-0.1, -0.05) is 23.7 Å². The molecule has 1 amide bonds. The van der Waals surface area contributed by atoms with E-state index in [1.807, 2.05) is 23.6 Å². The quantitative estimate of drug-likeness (QED) is 0.725. The molecule has 0 saturated heterocycles. The van der Waals surface area contributed by atoms with E-state index in [9.17, 15) is 9.18 Å². The molecule has 0 aliphatic rings. The first-order valence-corrected chi connectivity index (χ1v) is 8.21. The van der Waals surface area contributed by atoms with Gasteiger partial charge in [0.05, 0.1) is 22.8 Å². The third kappa shape index (κ3) is 3.46. The Balaban J connectivity index is 1.78. The molecule has 0 fully saturated rings. The average molecular weight is 350 g/mol. The summed E-state index contributed by atoms with van der Waals surface area (Å²) in [6.07, 6.45) is 1.59. The number of benzene rings is 1. The molecule has 0 aliphatic carbocycles. The number of rotatable bonds is 5. The predicted octanol–water partition coefficient (Wildman–Crippen LogP) is 4.70. The van der Waals surface area contributed by atoms with Crippen molar-refractivity contribution in [3.63, 3.8) is 0 Å². The smallest absolute Gasteiger partial charge is 0.255 e. The van der Waals surface area contributed by atoms with E-state index in [1.165, 1.54) is 18.2 Å². The second-order valence-electron chi connectivity index (χ2n) is 4.89. The van der Waals surface area contributed by atoms with E-state index in [-0.39, 0.29) is 23.0 Å². The molecule has 1 unspecified atom stereocenters. The first-order valence-electron chi connectivity index (χ1n) is 6.96. The van der Waals surface area contributed by atoms with Crippen LogP contribution in [-0.2, 0) is 0 Å². The predicted molar refractivity (Wildman–Crippen MR) is 88.6 cm³/mol. The fourth-order valence-corrected chi connectivity index (χ4v) is 3.40. The van der Waals surface area contributed by atoms with Gasteiger partial charge in [-0.2, -0.15) is 0 Å². The van der Waals surface area contributed by atoms with Gasteiger partial charge in [0.25, 0.3) is 5.91 Å². The lowest BCUT2D eigenvalue weighted by Crippen LogP contribution is -2.29. The highest BCUT2D eigenvalue weighted by molar-refractivity contribution is 7.10. The zero-order valence-electron chi connectivity index (χ0n) is 12.0. The lowest BCUT2D eigenvalue weighted by molar-refractivity contribution is 0.0948. The molecule has 3 rings (SSSR count). The summed E-state index contributed by atoms with van der Waals surface area (Å²) in [5.74, 6) is -0.561. The monoisotopic (exact) mass is 349 g/mol. The minimum absolute atomic E-state index is 0.0909. The molecule has 23 heavy (non-hydrogen) atoms. The highest BCUT2D eigenvalue weighted by Crippen LogP contribution is 2.28. The van der Waals surface area contributed by atoms with Gasteiger partial charge in [-0.05, 0) is 35.7 Å². The first kappa shape index (κ1) is 15.8. The van der Waals surface area contributed by atoms with E-state index in [0.717, 1.165) is 10.6 Å². The molecule has 3 nitrogen and oxygen atoms in total. The molecule has 1 N–H and O–H groups in total. The maximum absolute atomic E-state index is 13.8. The first-order chi connectivity index (χ1) is 11.2. The van der Waals surface area contributed by atoms with Crippen LogP contribution in [0.3, 0.4) is 0 Å². The number of nitrogens with one attached hydrogen (secondary N) is 1. The zero-order chi connectivity index (χ0) is 16.2. The van der Waals surface area contributed by atoms with Gasteiger partial charge in [0.1, 0.15) is 11.6 Å². The Hall–Kier alpha value is -2.11. The van der Waals surface area contributed by atoms with Crippen molar-refractivity contribution in [2.45, 2.75) is 5.92 Å². The third-order valence-electron chi connectivity index (χ3n) is 3.43. The number of carbonyl (C=O) groups is 1. The van der Waals surface area contributed by atoms with Gasteiger partial charge in [-0.15, -0.1) is 11.3 Å². The Labute approximate surface area is 141 Å². The summed E-state index contributed by atoms with van der Waals surface area (Å²) < 4.78 is 19.3. The van der Waals surface area contributed by atoms with Crippen LogP contribution in [0.1, 0.15) is 26.9 Å². The summed E-state index contributed by atoms with van der Waals surface area (Å²) in [6.45, 7) is 0.289. The van der Waals surface area contributed by atoms with Gasteiger partial charge in [-0.25, -0.2) is 4.39 Å². The van der Waals surface area contributed by atoms with E-state index in [4.69, 9.17) is 16.0 Å². The average Bonchev–Trinajstić information content (AvgIpc) is 3.21. The third-order valence-corrected chi connectivity index (χ3v) is 4.73. The fraction of sp³-hybridized carbons (Fsp3) is 0.118. The molecule has 0 aliphatic heterocycles. The van der Waals surface area contributed by atoms with Crippen LogP contribution in [-0.4, -0.2) is 12.5 Å². The second kappa shape index (κ2) is 6.98. The molecule has 1 atom stereocenters. The number of hydrogen-bond acceptors (Lipinski definition) is 3. The van der Waals surface area contributed by atoms with Gasteiger partial charge in [0.15, 0.2) is 0 Å². The Kier molecular flexibility index (Phi) is 4.79. The topological polar surface area (TPSA) is 42.2 Å². The molecular formula is C17H13ClFNO2S. The molecule has 1 aromatic carbocycles. The summed E-state index contributed by atoms with van der Waals surface area (Å²) in [7, 11) is 0. The largest absolute Gasteiger partial charge is 0.469 e. The molecule has 0 saturated carbocycles. The van der Waals surface area contributed by atoms with Crippen molar-refractivity contribution < 1.29 is 13.6 Å². The number of thiophene rings is 1. The van der Waals surface area contributed by atoms with Crippen LogP contribution >= 0.6 is 22.9 Å². The maximum atomic E-state index is 13.8. The van der Waals surface area contributed by atoms with Crippen LogP contribution in [0, 0.1) is 5.82 Å².